The number of nitrogens with zero attached hydrogens (tertiary/aromatic N) is 4. The molecule has 0 unspecified atom stereocenters. The van der Waals surface area contributed by atoms with Crippen molar-refractivity contribution >= 4 is 34.0 Å². The van der Waals surface area contributed by atoms with Gasteiger partial charge in [0.2, 0.25) is 0 Å². The van der Waals surface area contributed by atoms with Crippen LogP contribution in [-0.4, -0.2) is 19.9 Å². The molecule has 1 aromatic carbocycles. The first-order chi connectivity index (χ1) is 12.5. The van der Waals surface area contributed by atoms with Gasteiger partial charge >= 0.3 is 0 Å². The molecule has 0 spiro atoms. The lowest BCUT2D eigenvalue weighted by atomic mass is 9.77. The summed E-state index contributed by atoms with van der Waals surface area (Å²) in [6.07, 6.45) is 2.87. The molecule has 3 heterocycles. The molecule has 1 aliphatic rings. The lowest BCUT2D eigenvalue weighted by molar-refractivity contribution is 0.229. The Morgan fingerprint density at radius 1 is 1.26 bits per heavy atom. The van der Waals surface area contributed by atoms with E-state index in [4.69, 9.17) is 10.3 Å². The van der Waals surface area contributed by atoms with Gasteiger partial charge in [-0.15, -0.1) is 23.7 Å². The van der Waals surface area contributed by atoms with Gasteiger partial charge in [-0.05, 0) is 56.5 Å². The average molecular weight is 406 g/mol. The molecular formula is C18H17ClFN5OS. The van der Waals surface area contributed by atoms with Crippen molar-refractivity contribution in [3.63, 3.8) is 0 Å². The van der Waals surface area contributed by atoms with Crippen LogP contribution in [0.5, 0.6) is 0 Å². The van der Waals surface area contributed by atoms with E-state index in [0.717, 1.165) is 45.7 Å². The largest absolute Gasteiger partial charge is 0.333 e. The number of nitrogens with two attached hydrogens (primary N) is 1. The Kier molecular flexibility index (Phi) is 4.29. The van der Waals surface area contributed by atoms with Crippen LogP contribution in [0.15, 0.2) is 34.9 Å². The third-order valence-corrected chi connectivity index (χ3v) is 6.04. The minimum atomic E-state index is -0.445. The summed E-state index contributed by atoms with van der Waals surface area (Å²) in [5.74, 6) is 0.780. The Morgan fingerprint density at radius 2 is 2.00 bits per heavy atom. The molecule has 1 aliphatic carbocycles. The molecule has 0 amide bonds. The molecule has 0 bridgehead atoms. The normalized spacial score (nSPS) is 15.5. The minimum Gasteiger partial charge on any atom is -0.333 e. The molecule has 1 fully saturated rings. The van der Waals surface area contributed by atoms with Crippen molar-refractivity contribution in [3.8, 4) is 16.5 Å². The average Bonchev–Trinajstić information content (AvgIpc) is 3.30. The van der Waals surface area contributed by atoms with E-state index in [-0.39, 0.29) is 18.2 Å². The highest BCUT2D eigenvalue weighted by Crippen LogP contribution is 2.40. The summed E-state index contributed by atoms with van der Waals surface area (Å²) in [4.78, 5) is 6.35. The van der Waals surface area contributed by atoms with Crippen LogP contribution in [0.25, 0.3) is 26.7 Å². The quantitative estimate of drug-likeness (QED) is 0.548. The molecule has 2 N–H and O–H groups in total. The number of rotatable bonds is 3. The topological polar surface area (TPSA) is 82.8 Å². The van der Waals surface area contributed by atoms with Gasteiger partial charge in [0.1, 0.15) is 10.6 Å². The standard InChI is InChI=1S/C18H16FN5OS.ClH/c1-10-13-9-14(15-21-17(23-25-15)18(20)7-2-8-18)26-16(13)24(22-10)12-5-3-11(19)4-6-12;/h3-6,9H,2,7-8,20H2,1H3;1H. The third-order valence-electron chi connectivity index (χ3n) is 4.94. The van der Waals surface area contributed by atoms with Crippen LogP contribution in [0.2, 0.25) is 0 Å². The van der Waals surface area contributed by atoms with Gasteiger partial charge < -0.3 is 10.3 Å². The monoisotopic (exact) mass is 405 g/mol. The summed E-state index contributed by atoms with van der Waals surface area (Å²) < 4.78 is 20.5. The second-order valence-corrected chi connectivity index (χ2v) is 7.77. The first kappa shape index (κ1) is 18.1. The van der Waals surface area contributed by atoms with E-state index in [9.17, 15) is 4.39 Å². The van der Waals surface area contributed by atoms with E-state index in [1.807, 2.05) is 17.7 Å². The molecule has 1 saturated carbocycles. The van der Waals surface area contributed by atoms with Crippen LogP contribution in [0, 0.1) is 12.7 Å². The lowest BCUT2D eigenvalue weighted by Gasteiger charge is -2.34. The highest BCUT2D eigenvalue weighted by Gasteiger charge is 2.39. The van der Waals surface area contributed by atoms with Gasteiger partial charge in [0, 0.05) is 5.39 Å². The fourth-order valence-corrected chi connectivity index (χ4v) is 4.32. The second-order valence-electron chi connectivity index (χ2n) is 6.74. The van der Waals surface area contributed by atoms with Crippen molar-refractivity contribution < 1.29 is 8.91 Å². The fraction of sp³-hybridized carbons (Fsp3) is 0.278. The molecular weight excluding hydrogens is 389 g/mol. The Hall–Kier alpha value is -2.29. The second kappa shape index (κ2) is 6.40. The summed E-state index contributed by atoms with van der Waals surface area (Å²) in [6, 6.07) is 8.27. The molecule has 140 valence electrons. The molecule has 6 nitrogen and oxygen atoms in total. The van der Waals surface area contributed by atoms with Crippen molar-refractivity contribution in [1.82, 2.24) is 19.9 Å². The maximum atomic E-state index is 13.2. The maximum Gasteiger partial charge on any atom is 0.268 e. The maximum absolute atomic E-state index is 13.2. The van der Waals surface area contributed by atoms with Crippen molar-refractivity contribution in [2.75, 3.05) is 0 Å². The summed E-state index contributed by atoms with van der Waals surface area (Å²) in [5.41, 5.74) is 7.53. The minimum absolute atomic E-state index is 0. The molecule has 9 heteroatoms. The SMILES string of the molecule is Cc1nn(-c2ccc(F)cc2)c2sc(-c3nc(C4(N)CCC4)no3)cc12.Cl. The van der Waals surface area contributed by atoms with Crippen molar-refractivity contribution in [2.45, 2.75) is 31.7 Å². The first-order valence-corrected chi connectivity index (χ1v) is 9.24. The zero-order valence-electron chi connectivity index (χ0n) is 14.5. The van der Waals surface area contributed by atoms with Crippen molar-refractivity contribution in [1.29, 1.82) is 0 Å². The Bertz CT molecular complexity index is 1110. The van der Waals surface area contributed by atoms with E-state index in [0.29, 0.717) is 11.7 Å². The molecule has 0 saturated heterocycles. The van der Waals surface area contributed by atoms with E-state index in [2.05, 4.69) is 15.2 Å². The van der Waals surface area contributed by atoms with Gasteiger partial charge in [0.05, 0.1) is 21.8 Å². The number of aromatic nitrogens is 4. The summed E-state index contributed by atoms with van der Waals surface area (Å²) in [5, 5.41) is 9.67. The van der Waals surface area contributed by atoms with Gasteiger partial charge in [-0.3, -0.25) is 0 Å². The molecule has 27 heavy (non-hydrogen) atoms. The zero-order chi connectivity index (χ0) is 17.9. The smallest absolute Gasteiger partial charge is 0.268 e. The van der Waals surface area contributed by atoms with Gasteiger partial charge in [0.25, 0.3) is 5.89 Å². The molecule has 4 aromatic rings. The number of hydrogen-bond donors (Lipinski definition) is 1. The van der Waals surface area contributed by atoms with Crippen molar-refractivity contribution in [3.05, 3.63) is 47.7 Å². The van der Waals surface area contributed by atoms with Crippen molar-refractivity contribution in [2.24, 2.45) is 5.73 Å². The third kappa shape index (κ3) is 2.84. The number of aryl methyl sites for hydroxylation is 1. The molecule has 0 atom stereocenters. The first-order valence-electron chi connectivity index (χ1n) is 8.42. The van der Waals surface area contributed by atoms with Crippen LogP contribution in [0.1, 0.15) is 30.8 Å². The van der Waals surface area contributed by atoms with Gasteiger partial charge in [-0.25, -0.2) is 9.07 Å². The number of thiophene rings is 1. The van der Waals surface area contributed by atoms with Crippen LogP contribution < -0.4 is 5.73 Å². The Labute approximate surface area is 164 Å². The van der Waals surface area contributed by atoms with E-state index < -0.39 is 5.54 Å². The number of halogens is 2. The van der Waals surface area contributed by atoms with Crippen LogP contribution in [-0.2, 0) is 5.54 Å². The van der Waals surface area contributed by atoms with E-state index >= 15 is 0 Å². The summed E-state index contributed by atoms with van der Waals surface area (Å²) in [6.45, 7) is 1.95. The Morgan fingerprint density at radius 3 is 2.67 bits per heavy atom. The molecule has 0 aliphatic heterocycles. The number of fused-ring (bicyclic) bond motifs is 1. The predicted octanol–water partition coefficient (Wildman–Crippen LogP) is 4.34. The van der Waals surface area contributed by atoms with Crippen LogP contribution in [0.3, 0.4) is 0 Å². The van der Waals surface area contributed by atoms with Gasteiger partial charge in [0.15, 0.2) is 5.82 Å². The lowest BCUT2D eigenvalue weighted by Crippen LogP contribution is -2.44. The highest BCUT2D eigenvalue weighted by molar-refractivity contribution is 7.21. The van der Waals surface area contributed by atoms with Crippen LogP contribution >= 0.6 is 23.7 Å². The molecule has 0 radical (unpaired) electrons. The fourth-order valence-electron chi connectivity index (χ4n) is 3.22. The molecule has 3 aromatic heterocycles. The highest BCUT2D eigenvalue weighted by atomic mass is 35.5. The summed E-state index contributed by atoms with van der Waals surface area (Å²) in [7, 11) is 0. The number of benzene rings is 1. The molecule has 5 rings (SSSR count). The number of hydrogen-bond acceptors (Lipinski definition) is 6. The Balaban J connectivity index is 0.00000180. The predicted molar refractivity (Wildman–Crippen MR) is 104 cm³/mol. The zero-order valence-corrected chi connectivity index (χ0v) is 16.1. The van der Waals surface area contributed by atoms with Gasteiger partial charge in [-0.1, -0.05) is 5.16 Å². The van der Waals surface area contributed by atoms with Gasteiger partial charge in [-0.2, -0.15) is 10.1 Å². The summed E-state index contributed by atoms with van der Waals surface area (Å²) >= 11 is 1.52. The van der Waals surface area contributed by atoms with E-state index in [1.165, 1.54) is 23.5 Å². The van der Waals surface area contributed by atoms with E-state index in [1.54, 1.807) is 12.1 Å². The van der Waals surface area contributed by atoms with Crippen LogP contribution in [0.4, 0.5) is 4.39 Å².